The van der Waals surface area contributed by atoms with Crippen LogP contribution in [-0.4, -0.2) is 33.1 Å². The molecule has 1 saturated heterocycles. The van der Waals surface area contributed by atoms with Gasteiger partial charge < -0.3 is 0 Å². The fourth-order valence-electron chi connectivity index (χ4n) is 3.12. The molecule has 1 amide bonds. The van der Waals surface area contributed by atoms with Crippen molar-refractivity contribution in [1.29, 1.82) is 0 Å². The summed E-state index contributed by atoms with van der Waals surface area (Å²) in [7, 11) is 0. The van der Waals surface area contributed by atoms with Crippen molar-refractivity contribution in [3.05, 3.63) is 70.6 Å². The number of rotatable bonds is 4. The molecule has 0 radical (unpaired) electrons. The van der Waals surface area contributed by atoms with Gasteiger partial charge in [-0.3, -0.25) is 9.78 Å². The molecule has 0 unspecified atom stereocenters. The zero-order chi connectivity index (χ0) is 17.9. The molecule has 3 heterocycles. The van der Waals surface area contributed by atoms with Crippen LogP contribution in [0, 0.1) is 0 Å². The maximum atomic E-state index is 12.1. The van der Waals surface area contributed by atoms with Crippen LogP contribution in [0.5, 0.6) is 0 Å². The largest absolute Gasteiger partial charge is 0.273 e. The number of halogens is 1. The fourth-order valence-corrected chi connectivity index (χ4v) is 3.46. The van der Waals surface area contributed by atoms with Crippen molar-refractivity contribution in [2.24, 2.45) is 5.10 Å². The number of hydrazone groups is 1. The molecule has 130 valence electrons. The summed E-state index contributed by atoms with van der Waals surface area (Å²) in [5.74, 6) is 0.0667. The Morgan fingerprint density at radius 1 is 1.15 bits per heavy atom. The van der Waals surface area contributed by atoms with Crippen molar-refractivity contribution in [3.63, 3.8) is 0 Å². The molecule has 0 aliphatic carbocycles. The molecule has 3 aromatic rings. The lowest BCUT2D eigenvalue weighted by Gasteiger charge is -2.14. The number of para-hydroxylation sites is 1. The first kappa shape index (κ1) is 16.8. The Hall–Kier alpha value is -2.60. The van der Waals surface area contributed by atoms with Crippen LogP contribution in [0.4, 0.5) is 0 Å². The van der Waals surface area contributed by atoms with E-state index in [9.17, 15) is 4.79 Å². The highest BCUT2D eigenvalue weighted by Crippen LogP contribution is 2.20. The van der Waals surface area contributed by atoms with Crippen molar-refractivity contribution in [3.8, 4) is 0 Å². The molecular formula is C20H17BrN4O. The van der Waals surface area contributed by atoms with Crippen molar-refractivity contribution in [1.82, 2.24) is 15.0 Å². The number of pyridine rings is 2. The van der Waals surface area contributed by atoms with Crippen LogP contribution in [0.25, 0.3) is 10.9 Å². The Kier molecular flexibility index (Phi) is 4.75. The van der Waals surface area contributed by atoms with Crippen LogP contribution in [0.2, 0.25) is 0 Å². The molecule has 1 aliphatic rings. The molecular weight excluding hydrogens is 392 g/mol. The highest BCUT2D eigenvalue weighted by Gasteiger charge is 2.21. The van der Waals surface area contributed by atoms with Gasteiger partial charge in [0.2, 0.25) is 5.91 Å². The first-order chi connectivity index (χ1) is 12.7. The third-order valence-electron chi connectivity index (χ3n) is 4.40. The minimum Gasteiger partial charge on any atom is -0.273 e. The van der Waals surface area contributed by atoms with E-state index in [-0.39, 0.29) is 5.91 Å². The van der Waals surface area contributed by atoms with Gasteiger partial charge in [0.05, 0.1) is 16.9 Å². The molecule has 4 rings (SSSR count). The second kappa shape index (κ2) is 7.33. The summed E-state index contributed by atoms with van der Waals surface area (Å²) in [5, 5.41) is 7.33. The van der Waals surface area contributed by atoms with E-state index >= 15 is 0 Å². The molecule has 0 atom stereocenters. The van der Waals surface area contributed by atoms with Gasteiger partial charge in [0.15, 0.2) is 0 Å². The van der Waals surface area contributed by atoms with E-state index in [0.29, 0.717) is 19.4 Å². The number of carbonyl (C=O) groups is 1. The van der Waals surface area contributed by atoms with Crippen LogP contribution in [0.15, 0.2) is 64.4 Å². The number of aromatic nitrogens is 2. The van der Waals surface area contributed by atoms with Crippen LogP contribution in [0.1, 0.15) is 24.1 Å². The van der Waals surface area contributed by atoms with Crippen LogP contribution < -0.4 is 0 Å². The number of hydrogen-bond donors (Lipinski definition) is 0. The van der Waals surface area contributed by atoms with Crippen molar-refractivity contribution < 1.29 is 4.79 Å². The minimum atomic E-state index is 0.0667. The Balaban J connectivity index is 1.77. The summed E-state index contributed by atoms with van der Waals surface area (Å²) < 4.78 is 0.745. The third kappa shape index (κ3) is 3.51. The molecule has 0 bridgehead atoms. The average Bonchev–Trinajstić information content (AvgIpc) is 3.06. The highest BCUT2D eigenvalue weighted by atomic mass is 79.9. The molecule has 1 aliphatic heterocycles. The van der Waals surface area contributed by atoms with Crippen molar-refractivity contribution in [2.45, 2.75) is 19.3 Å². The van der Waals surface area contributed by atoms with Crippen molar-refractivity contribution >= 4 is 38.5 Å². The Labute approximate surface area is 159 Å². The zero-order valence-corrected chi connectivity index (χ0v) is 15.7. The van der Waals surface area contributed by atoms with E-state index in [0.717, 1.165) is 38.9 Å². The molecule has 2 aromatic heterocycles. The van der Waals surface area contributed by atoms with Crippen LogP contribution in [-0.2, 0) is 11.2 Å². The van der Waals surface area contributed by atoms with E-state index in [1.54, 1.807) is 5.01 Å². The smallest absolute Gasteiger partial charge is 0.242 e. The lowest BCUT2D eigenvalue weighted by molar-refractivity contribution is -0.127. The molecule has 0 N–H and O–H groups in total. The number of hydrogen-bond acceptors (Lipinski definition) is 4. The van der Waals surface area contributed by atoms with Crippen LogP contribution in [0.3, 0.4) is 0 Å². The highest BCUT2D eigenvalue weighted by molar-refractivity contribution is 9.10. The number of carbonyl (C=O) groups excluding carboxylic acids is 1. The lowest BCUT2D eigenvalue weighted by Crippen LogP contribution is -2.22. The summed E-state index contributed by atoms with van der Waals surface area (Å²) >= 11 is 3.42. The number of amides is 1. The van der Waals surface area contributed by atoms with Gasteiger partial charge in [-0.05, 0) is 52.2 Å². The van der Waals surface area contributed by atoms with Crippen molar-refractivity contribution in [2.75, 3.05) is 6.54 Å². The topological polar surface area (TPSA) is 58.5 Å². The van der Waals surface area contributed by atoms with Gasteiger partial charge in [-0.25, -0.2) is 9.99 Å². The maximum Gasteiger partial charge on any atom is 0.242 e. The number of benzene rings is 1. The van der Waals surface area contributed by atoms with Gasteiger partial charge in [0.25, 0.3) is 0 Å². The Morgan fingerprint density at radius 3 is 2.85 bits per heavy atom. The molecule has 6 heteroatoms. The van der Waals surface area contributed by atoms with E-state index in [2.05, 4.69) is 37.1 Å². The number of nitrogens with zero attached hydrogens (tertiary/aromatic N) is 4. The van der Waals surface area contributed by atoms with E-state index < -0.39 is 0 Å². The predicted octanol–water partition coefficient (Wildman–Crippen LogP) is 3.96. The third-order valence-corrected chi connectivity index (χ3v) is 4.84. The number of fused-ring (bicyclic) bond motifs is 1. The summed E-state index contributed by atoms with van der Waals surface area (Å²) in [6.45, 7) is 0.660. The quantitative estimate of drug-likeness (QED) is 0.484. The van der Waals surface area contributed by atoms with Gasteiger partial charge in [0, 0.05) is 31.0 Å². The normalized spacial score (nSPS) is 15.0. The fraction of sp³-hybridized carbons (Fsp3) is 0.200. The monoisotopic (exact) mass is 408 g/mol. The molecule has 1 fully saturated rings. The summed E-state index contributed by atoms with van der Waals surface area (Å²) in [6.07, 6.45) is 3.79. The first-order valence-corrected chi connectivity index (χ1v) is 9.33. The Morgan fingerprint density at radius 2 is 2.04 bits per heavy atom. The second-order valence-electron chi connectivity index (χ2n) is 6.18. The molecule has 5 nitrogen and oxygen atoms in total. The van der Waals surface area contributed by atoms with E-state index in [1.807, 2.05) is 48.7 Å². The average molecular weight is 409 g/mol. The van der Waals surface area contributed by atoms with Gasteiger partial charge in [-0.1, -0.05) is 24.3 Å². The van der Waals surface area contributed by atoms with Crippen LogP contribution >= 0.6 is 15.9 Å². The van der Waals surface area contributed by atoms with Gasteiger partial charge in [-0.15, -0.1) is 0 Å². The van der Waals surface area contributed by atoms with Gasteiger partial charge >= 0.3 is 0 Å². The summed E-state index contributed by atoms with van der Waals surface area (Å²) in [5.41, 5.74) is 3.60. The molecule has 1 aromatic carbocycles. The lowest BCUT2D eigenvalue weighted by atomic mass is 10.0. The van der Waals surface area contributed by atoms with E-state index in [1.165, 1.54) is 0 Å². The summed E-state index contributed by atoms with van der Waals surface area (Å²) in [6, 6.07) is 15.8. The van der Waals surface area contributed by atoms with Gasteiger partial charge in [0.1, 0.15) is 4.60 Å². The molecule has 0 saturated carbocycles. The van der Waals surface area contributed by atoms with E-state index in [4.69, 9.17) is 0 Å². The predicted molar refractivity (Wildman–Crippen MR) is 105 cm³/mol. The summed E-state index contributed by atoms with van der Waals surface area (Å²) in [4.78, 5) is 21.0. The second-order valence-corrected chi connectivity index (χ2v) is 6.99. The SMILES string of the molecule is O=C1CCCN1N=C(Cc1ccnc2ccccc12)c1cccc(Br)n1. The minimum absolute atomic E-state index is 0.0667. The maximum absolute atomic E-state index is 12.1. The molecule has 0 spiro atoms. The Bertz CT molecular complexity index is 997. The zero-order valence-electron chi connectivity index (χ0n) is 14.1. The standard InChI is InChI=1S/C20H17BrN4O/c21-19-8-3-7-17(23-19)18(24-25-12-4-9-20(25)26)13-14-10-11-22-16-6-2-1-5-15(14)16/h1-3,5-8,10-11H,4,9,12-13H2. The van der Waals surface area contributed by atoms with Gasteiger partial charge in [-0.2, -0.15) is 5.10 Å². The first-order valence-electron chi connectivity index (χ1n) is 8.54. The molecule has 26 heavy (non-hydrogen) atoms.